The lowest BCUT2D eigenvalue weighted by Gasteiger charge is -2.13. The van der Waals surface area contributed by atoms with Gasteiger partial charge in [0.15, 0.2) is 11.5 Å². The molecular weight excluding hydrogens is 296 g/mol. The standard InChI is InChI=1S/C18H18O5/c1-2-3-12-22-16-14(17(19)20)10-7-11-15(16)23-18(21)13-8-5-4-6-9-13/h4-11H,2-3,12H2,1H3,(H,19,20). The number of aromatic carboxylic acids is 1. The van der Waals surface area contributed by atoms with Crippen molar-refractivity contribution in [1.29, 1.82) is 0 Å². The second-order valence-electron chi connectivity index (χ2n) is 4.90. The van der Waals surface area contributed by atoms with E-state index >= 15 is 0 Å². The van der Waals surface area contributed by atoms with Crippen LogP contribution >= 0.6 is 0 Å². The summed E-state index contributed by atoms with van der Waals surface area (Å²) in [5.74, 6) is -1.50. The third-order valence-corrected chi connectivity index (χ3v) is 3.17. The first kappa shape index (κ1) is 16.5. The van der Waals surface area contributed by atoms with Crippen LogP contribution in [0.3, 0.4) is 0 Å². The number of hydrogen-bond donors (Lipinski definition) is 1. The molecule has 2 aromatic rings. The van der Waals surface area contributed by atoms with Crippen molar-refractivity contribution in [3.05, 3.63) is 59.7 Å². The van der Waals surface area contributed by atoms with Crippen molar-refractivity contribution in [2.45, 2.75) is 19.8 Å². The molecule has 0 aliphatic carbocycles. The highest BCUT2D eigenvalue weighted by Crippen LogP contribution is 2.32. The van der Waals surface area contributed by atoms with Crippen LogP contribution < -0.4 is 9.47 Å². The van der Waals surface area contributed by atoms with Gasteiger partial charge in [-0.15, -0.1) is 0 Å². The van der Waals surface area contributed by atoms with Crippen molar-refractivity contribution in [2.24, 2.45) is 0 Å². The summed E-state index contributed by atoms with van der Waals surface area (Å²) in [6.45, 7) is 2.36. The molecule has 2 rings (SSSR count). The predicted octanol–water partition coefficient (Wildman–Crippen LogP) is 3.78. The zero-order valence-corrected chi connectivity index (χ0v) is 12.8. The third kappa shape index (κ3) is 4.32. The molecule has 0 amide bonds. The lowest BCUT2D eigenvalue weighted by Crippen LogP contribution is -2.12. The molecule has 0 unspecified atom stereocenters. The van der Waals surface area contributed by atoms with Crippen LogP contribution in [-0.2, 0) is 0 Å². The molecule has 0 saturated carbocycles. The number of esters is 1. The Morgan fingerprint density at radius 2 is 1.78 bits per heavy atom. The molecule has 0 fully saturated rings. The van der Waals surface area contributed by atoms with E-state index in [1.165, 1.54) is 18.2 Å². The Hall–Kier alpha value is -2.82. The maximum Gasteiger partial charge on any atom is 0.343 e. The molecule has 0 saturated heterocycles. The normalized spacial score (nSPS) is 10.1. The number of rotatable bonds is 7. The van der Waals surface area contributed by atoms with Gasteiger partial charge in [-0.2, -0.15) is 0 Å². The molecule has 0 aliphatic heterocycles. The summed E-state index contributed by atoms with van der Waals surface area (Å²) < 4.78 is 10.9. The first-order valence-electron chi connectivity index (χ1n) is 7.39. The Bertz CT molecular complexity index is 679. The lowest BCUT2D eigenvalue weighted by molar-refractivity contribution is 0.0678. The van der Waals surface area contributed by atoms with Crippen LogP contribution in [0.4, 0.5) is 0 Å². The van der Waals surface area contributed by atoms with Crippen LogP contribution in [0.1, 0.15) is 40.5 Å². The zero-order valence-electron chi connectivity index (χ0n) is 12.8. The van der Waals surface area contributed by atoms with E-state index in [1.54, 1.807) is 30.3 Å². The molecule has 0 radical (unpaired) electrons. The average Bonchev–Trinajstić information content (AvgIpc) is 2.56. The van der Waals surface area contributed by atoms with Gasteiger partial charge < -0.3 is 14.6 Å². The van der Waals surface area contributed by atoms with Crippen LogP contribution in [0.5, 0.6) is 11.5 Å². The van der Waals surface area contributed by atoms with Crippen molar-refractivity contribution in [3.63, 3.8) is 0 Å². The fraction of sp³-hybridized carbons (Fsp3) is 0.222. The minimum atomic E-state index is -1.13. The van der Waals surface area contributed by atoms with Crippen LogP contribution in [0.2, 0.25) is 0 Å². The number of carboxylic acid groups (broad SMARTS) is 1. The maximum absolute atomic E-state index is 12.2. The quantitative estimate of drug-likeness (QED) is 0.478. The minimum absolute atomic E-state index is 0.0283. The summed E-state index contributed by atoms with van der Waals surface area (Å²) in [5, 5.41) is 9.28. The van der Waals surface area contributed by atoms with E-state index in [2.05, 4.69) is 0 Å². The molecule has 0 heterocycles. The van der Waals surface area contributed by atoms with Gasteiger partial charge in [-0.3, -0.25) is 0 Å². The average molecular weight is 314 g/mol. The van der Waals surface area contributed by atoms with E-state index in [0.717, 1.165) is 12.8 Å². The Morgan fingerprint density at radius 3 is 2.43 bits per heavy atom. The SMILES string of the molecule is CCCCOc1c(OC(=O)c2ccccc2)cccc1C(=O)O. The fourth-order valence-electron chi connectivity index (χ4n) is 1.97. The van der Waals surface area contributed by atoms with Crippen molar-refractivity contribution >= 4 is 11.9 Å². The monoisotopic (exact) mass is 314 g/mol. The van der Waals surface area contributed by atoms with Gasteiger partial charge in [0.25, 0.3) is 0 Å². The number of para-hydroxylation sites is 1. The first-order chi connectivity index (χ1) is 11.1. The number of carboxylic acids is 1. The second-order valence-corrected chi connectivity index (χ2v) is 4.90. The topological polar surface area (TPSA) is 72.8 Å². The van der Waals surface area contributed by atoms with Gasteiger partial charge in [0.2, 0.25) is 0 Å². The summed E-state index contributed by atoms with van der Waals surface area (Å²) in [7, 11) is 0. The van der Waals surface area contributed by atoms with Gasteiger partial charge in [-0.1, -0.05) is 37.6 Å². The number of benzene rings is 2. The summed E-state index contributed by atoms with van der Waals surface area (Å²) in [5.41, 5.74) is 0.354. The Balaban J connectivity index is 2.27. The van der Waals surface area contributed by atoms with Crippen LogP contribution in [0.25, 0.3) is 0 Å². The fourth-order valence-corrected chi connectivity index (χ4v) is 1.97. The smallest absolute Gasteiger partial charge is 0.343 e. The molecule has 23 heavy (non-hydrogen) atoms. The van der Waals surface area contributed by atoms with Crippen molar-refractivity contribution in [1.82, 2.24) is 0 Å². The molecule has 120 valence electrons. The maximum atomic E-state index is 12.2. The number of carbonyl (C=O) groups is 2. The van der Waals surface area contributed by atoms with Crippen LogP contribution in [-0.4, -0.2) is 23.7 Å². The Labute approximate surface area is 134 Å². The summed E-state index contributed by atoms with van der Waals surface area (Å²) in [4.78, 5) is 23.5. The molecule has 1 N–H and O–H groups in total. The highest BCUT2D eigenvalue weighted by molar-refractivity contribution is 5.94. The number of hydrogen-bond acceptors (Lipinski definition) is 4. The summed E-state index contributed by atoms with van der Waals surface area (Å²) >= 11 is 0. The van der Waals surface area contributed by atoms with E-state index in [0.29, 0.717) is 12.2 Å². The minimum Gasteiger partial charge on any atom is -0.489 e. The molecule has 0 bridgehead atoms. The van der Waals surface area contributed by atoms with Gasteiger partial charge >= 0.3 is 11.9 Å². The molecule has 5 nitrogen and oxygen atoms in total. The predicted molar refractivity (Wildman–Crippen MR) is 85.2 cm³/mol. The molecule has 2 aromatic carbocycles. The van der Waals surface area contributed by atoms with E-state index < -0.39 is 11.9 Å². The van der Waals surface area contributed by atoms with Gasteiger partial charge in [-0.05, 0) is 30.7 Å². The zero-order chi connectivity index (χ0) is 16.7. The van der Waals surface area contributed by atoms with E-state index in [9.17, 15) is 14.7 Å². The number of ether oxygens (including phenoxy) is 2. The molecule has 0 aromatic heterocycles. The largest absolute Gasteiger partial charge is 0.489 e. The van der Waals surface area contributed by atoms with Gasteiger partial charge in [0.1, 0.15) is 5.56 Å². The van der Waals surface area contributed by atoms with Gasteiger partial charge in [-0.25, -0.2) is 9.59 Å². The first-order valence-corrected chi connectivity index (χ1v) is 7.39. The highest BCUT2D eigenvalue weighted by atomic mass is 16.6. The molecular formula is C18H18O5. The molecule has 0 spiro atoms. The van der Waals surface area contributed by atoms with Crippen molar-refractivity contribution in [3.8, 4) is 11.5 Å². The van der Waals surface area contributed by atoms with E-state index in [-0.39, 0.29) is 17.1 Å². The second kappa shape index (κ2) is 7.98. The van der Waals surface area contributed by atoms with Crippen molar-refractivity contribution in [2.75, 3.05) is 6.61 Å². The van der Waals surface area contributed by atoms with E-state index in [4.69, 9.17) is 9.47 Å². The summed E-state index contributed by atoms with van der Waals surface area (Å²) in [6.07, 6.45) is 1.69. The van der Waals surface area contributed by atoms with E-state index in [1.807, 2.05) is 6.92 Å². The lowest BCUT2D eigenvalue weighted by atomic mass is 10.2. The molecule has 0 aliphatic rings. The van der Waals surface area contributed by atoms with Crippen molar-refractivity contribution < 1.29 is 24.2 Å². The van der Waals surface area contributed by atoms with Crippen LogP contribution in [0, 0.1) is 0 Å². The highest BCUT2D eigenvalue weighted by Gasteiger charge is 2.19. The summed E-state index contributed by atoms with van der Waals surface area (Å²) in [6, 6.07) is 13.0. The Morgan fingerprint density at radius 1 is 1.04 bits per heavy atom. The number of unbranched alkanes of at least 4 members (excludes halogenated alkanes) is 1. The molecule has 5 heteroatoms. The van der Waals surface area contributed by atoms with Gasteiger partial charge in [0, 0.05) is 0 Å². The van der Waals surface area contributed by atoms with Crippen LogP contribution in [0.15, 0.2) is 48.5 Å². The third-order valence-electron chi connectivity index (χ3n) is 3.17. The number of carbonyl (C=O) groups excluding carboxylic acids is 1. The van der Waals surface area contributed by atoms with Gasteiger partial charge in [0.05, 0.1) is 12.2 Å². The molecule has 0 atom stereocenters. The Kier molecular flexibility index (Phi) is 5.74.